The monoisotopic (exact) mass is 152 g/mol. The summed E-state index contributed by atoms with van der Waals surface area (Å²) in [5.41, 5.74) is 6.45. The van der Waals surface area contributed by atoms with E-state index in [0.29, 0.717) is 0 Å². The fourth-order valence-corrected chi connectivity index (χ4v) is 0.917. The van der Waals surface area contributed by atoms with Crippen molar-refractivity contribution in [3.05, 3.63) is 24.0 Å². The third-order valence-electron chi connectivity index (χ3n) is 1.45. The molecule has 0 radical (unpaired) electrons. The third-order valence-corrected chi connectivity index (χ3v) is 1.45. The average Bonchev–Trinajstić information content (AvgIpc) is 2.04. The predicted molar refractivity (Wildman–Crippen MR) is 43.4 cm³/mol. The maximum atomic E-state index is 5.65. The molecule has 1 aromatic rings. The molecule has 60 valence electrons. The van der Waals surface area contributed by atoms with Crippen LogP contribution in [0.25, 0.3) is 0 Å². The highest BCUT2D eigenvalue weighted by Crippen LogP contribution is 2.19. The first-order valence-corrected chi connectivity index (χ1v) is 3.50. The Hall–Kier alpha value is -1.09. The Balaban J connectivity index is 3.02. The molecule has 0 spiro atoms. The highest BCUT2D eigenvalue weighted by atomic mass is 16.5. The van der Waals surface area contributed by atoms with Gasteiger partial charge >= 0.3 is 0 Å². The molecule has 1 heterocycles. The molecule has 0 bridgehead atoms. The van der Waals surface area contributed by atoms with Crippen molar-refractivity contribution in [2.24, 2.45) is 5.73 Å². The number of ether oxygens (including phenoxy) is 1. The molecule has 11 heavy (non-hydrogen) atoms. The van der Waals surface area contributed by atoms with E-state index in [2.05, 4.69) is 4.98 Å². The number of aromatic nitrogens is 1. The van der Waals surface area contributed by atoms with Crippen LogP contribution >= 0.6 is 0 Å². The number of methoxy groups -OCH3 is 1. The van der Waals surface area contributed by atoms with Crippen LogP contribution in [0.2, 0.25) is 0 Å². The second-order valence-corrected chi connectivity index (χ2v) is 2.38. The van der Waals surface area contributed by atoms with Crippen LogP contribution in [0.1, 0.15) is 18.7 Å². The van der Waals surface area contributed by atoms with Crippen LogP contribution in [0, 0.1) is 0 Å². The summed E-state index contributed by atoms with van der Waals surface area (Å²) in [5, 5.41) is 0. The van der Waals surface area contributed by atoms with Crippen molar-refractivity contribution in [3.63, 3.8) is 0 Å². The molecule has 0 saturated carbocycles. The van der Waals surface area contributed by atoms with Crippen LogP contribution in [0.15, 0.2) is 18.3 Å². The second-order valence-electron chi connectivity index (χ2n) is 2.38. The number of hydrogen-bond acceptors (Lipinski definition) is 3. The van der Waals surface area contributed by atoms with E-state index in [9.17, 15) is 0 Å². The van der Waals surface area contributed by atoms with Gasteiger partial charge in [0, 0.05) is 12.2 Å². The SMILES string of the molecule is COc1cccnc1[C@@H](C)N. The Morgan fingerprint density at radius 3 is 2.82 bits per heavy atom. The Morgan fingerprint density at radius 2 is 2.36 bits per heavy atom. The molecule has 0 amide bonds. The van der Waals surface area contributed by atoms with E-state index in [1.54, 1.807) is 13.3 Å². The van der Waals surface area contributed by atoms with Gasteiger partial charge in [0.2, 0.25) is 0 Å². The minimum Gasteiger partial charge on any atom is -0.495 e. The lowest BCUT2D eigenvalue weighted by Crippen LogP contribution is -2.08. The Labute approximate surface area is 66.2 Å². The summed E-state index contributed by atoms with van der Waals surface area (Å²) >= 11 is 0. The zero-order chi connectivity index (χ0) is 8.27. The van der Waals surface area contributed by atoms with Crippen LogP contribution in [0.5, 0.6) is 5.75 Å². The van der Waals surface area contributed by atoms with E-state index in [4.69, 9.17) is 10.5 Å². The summed E-state index contributed by atoms with van der Waals surface area (Å²) in [7, 11) is 1.61. The first-order chi connectivity index (χ1) is 5.25. The van der Waals surface area contributed by atoms with E-state index >= 15 is 0 Å². The Kier molecular flexibility index (Phi) is 2.44. The molecule has 1 aromatic heterocycles. The fraction of sp³-hybridized carbons (Fsp3) is 0.375. The molecular formula is C8H12N2O. The quantitative estimate of drug-likeness (QED) is 0.690. The van der Waals surface area contributed by atoms with Crippen molar-refractivity contribution < 1.29 is 4.74 Å². The number of pyridine rings is 1. The molecule has 3 nitrogen and oxygen atoms in total. The topological polar surface area (TPSA) is 48.1 Å². The zero-order valence-electron chi connectivity index (χ0n) is 6.74. The Morgan fingerprint density at radius 1 is 1.64 bits per heavy atom. The van der Waals surface area contributed by atoms with Crippen molar-refractivity contribution in [1.29, 1.82) is 0 Å². The van der Waals surface area contributed by atoms with Gasteiger partial charge in [-0.15, -0.1) is 0 Å². The summed E-state index contributed by atoms with van der Waals surface area (Å²) in [6.07, 6.45) is 1.71. The highest BCUT2D eigenvalue weighted by Gasteiger charge is 2.06. The van der Waals surface area contributed by atoms with Crippen LogP contribution in [0.3, 0.4) is 0 Å². The lowest BCUT2D eigenvalue weighted by atomic mass is 10.2. The maximum Gasteiger partial charge on any atom is 0.141 e. The number of nitrogens with two attached hydrogens (primary N) is 1. The normalized spacial score (nSPS) is 12.6. The molecule has 1 atom stereocenters. The van der Waals surface area contributed by atoms with Crippen LogP contribution < -0.4 is 10.5 Å². The van der Waals surface area contributed by atoms with Crippen molar-refractivity contribution in [2.75, 3.05) is 7.11 Å². The molecule has 0 saturated heterocycles. The Bertz CT molecular complexity index is 235. The fourth-order valence-electron chi connectivity index (χ4n) is 0.917. The van der Waals surface area contributed by atoms with Gasteiger partial charge in [-0.3, -0.25) is 4.98 Å². The van der Waals surface area contributed by atoms with Gasteiger partial charge in [0.1, 0.15) is 5.75 Å². The van der Waals surface area contributed by atoms with Crippen LogP contribution in [0.4, 0.5) is 0 Å². The molecule has 0 unspecified atom stereocenters. The first kappa shape index (κ1) is 8.01. The number of nitrogens with zero attached hydrogens (tertiary/aromatic N) is 1. The summed E-state index contributed by atoms with van der Waals surface area (Å²) in [5.74, 6) is 0.752. The van der Waals surface area contributed by atoms with Gasteiger partial charge < -0.3 is 10.5 Å². The number of hydrogen-bond donors (Lipinski definition) is 1. The minimum absolute atomic E-state index is 0.0776. The first-order valence-electron chi connectivity index (χ1n) is 3.50. The molecular weight excluding hydrogens is 140 g/mol. The van der Waals surface area contributed by atoms with Gasteiger partial charge in [0.25, 0.3) is 0 Å². The summed E-state index contributed by atoms with van der Waals surface area (Å²) in [6.45, 7) is 1.88. The van der Waals surface area contributed by atoms with E-state index in [0.717, 1.165) is 11.4 Å². The van der Waals surface area contributed by atoms with E-state index in [-0.39, 0.29) is 6.04 Å². The minimum atomic E-state index is -0.0776. The lowest BCUT2D eigenvalue weighted by Gasteiger charge is -2.08. The third kappa shape index (κ3) is 1.68. The molecule has 1 rings (SSSR count). The second kappa shape index (κ2) is 3.34. The standard InChI is InChI=1S/C8H12N2O/c1-6(9)8-7(11-2)4-3-5-10-8/h3-6H,9H2,1-2H3/t6-/m1/s1. The smallest absolute Gasteiger partial charge is 0.141 e. The lowest BCUT2D eigenvalue weighted by molar-refractivity contribution is 0.403. The van der Waals surface area contributed by atoms with Gasteiger partial charge in [-0.2, -0.15) is 0 Å². The molecule has 2 N–H and O–H groups in total. The zero-order valence-corrected chi connectivity index (χ0v) is 6.74. The molecule has 0 aliphatic carbocycles. The molecule has 3 heteroatoms. The summed E-state index contributed by atoms with van der Waals surface area (Å²) in [4.78, 5) is 4.10. The van der Waals surface area contributed by atoms with Crippen molar-refractivity contribution in [2.45, 2.75) is 13.0 Å². The highest BCUT2D eigenvalue weighted by molar-refractivity contribution is 5.28. The average molecular weight is 152 g/mol. The van der Waals surface area contributed by atoms with Crippen molar-refractivity contribution in [3.8, 4) is 5.75 Å². The van der Waals surface area contributed by atoms with Gasteiger partial charge in [0.15, 0.2) is 0 Å². The molecule has 0 aromatic carbocycles. The van der Waals surface area contributed by atoms with Crippen molar-refractivity contribution >= 4 is 0 Å². The van der Waals surface area contributed by atoms with E-state index in [1.165, 1.54) is 0 Å². The molecule has 0 fully saturated rings. The van der Waals surface area contributed by atoms with Gasteiger partial charge in [0.05, 0.1) is 12.8 Å². The van der Waals surface area contributed by atoms with Crippen molar-refractivity contribution in [1.82, 2.24) is 4.98 Å². The van der Waals surface area contributed by atoms with E-state index in [1.807, 2.05) is 19.1 Å². The van der Waals surface area contributed by atoms with Gasteiger partial charge in [-0.25, -0.2) is 0 Å². The molecule has 0 aliphatic rings. The molecule has 0 aliphatic heterocycles. The predicted octanol–water partition coefficient (Wildman–Crippen LogP) is 1.11. The largest absolute Gasteiger partial charge is 0.495 e. The van der Waals surface area contributed by atoms with E-state index < -0.39 is 0 Å². The summed E-state index contributed by atoms with van der Waals surface area (Å²) < 4.78 is 5.06. The maximum absolute atomic E-state index is 5.65. The van der Waals surface area contributed by atoms with Crippen LogP contribution in [-0.2, 0) is 0 Å². The van der Waals surface area contributed by atoms with Gasteiger partial charge in [-0.05, 0) is 19.1 Å². The van der Waals surface area contributed by atoms with Gasteiger partial charge in [-0.1, -0.05) is 0 Å². The van der Waals surface area contributed by atoms with Crippen LogP contribution in [-0.4, -0.2) is 12.1 Å². The summed E-state index contributed by atoms with van der Waals surface area (Å²) in [6, 6.07) is 3.60. The number of rotatable bonds is 2.